The first-order valence-electron chi connectivity index (χ1n) is 8.39. The third-order valence-corrected chi connectivity index (χ3v) is 3.87. The fourth-order valence-electron chi connectivity index (χ4n) is 2.50. The Kier molecular flexibility index (Phi) is 8.11. The number of carbonyl (C=O) groups excluding carboxylic acids is 3. The number of esters is 2. The highest BCUT2D eigenvalue weighted by molar-refractivity contribution is 5.74. The second kappa shape index (κ2) is 9.81. The van der Waals surface area contributed by atoms with Gasteiger partial charge in [-0.3, -0.25) is 14.4 Å². The lowest BCUT2D eigenvalue weighted by molar-refractivity contribution is -0.150. The van der Waals surface area contributed by atoms with Crippen molar-refractivity contribution >= 4 is 17.8 Å². The fraction of sp³-hybridized carbons (Fsp3) is 0.526. The van der Waals surface area contributed by atoms with E-state index in [9.17, 15) is 14.4 Å². The van der Waals surface area contributed by atoms with Crippen LogP contribution in [0.1, 0.15) is 45.2 Å². The number of ether oxygens (including phenoxy) is 2. The smallest absolute Gasteiger partial charge is 0.302 e. The molecule has 6 nitrogen and oxygen atoms in total. The molecule has 0 aliphatic rings. The molecule has 0 bridgehead atoms. The number of amides is 1. The van der Waals surface area contributed by atoms with Crippen LogP contribution in [0.15, 0.2) is 24.3 Å². The van der Waals surface area contributed by atoms with Crippen LogP contribution in [-0.4, -0.2) is 36.6 Å². The molecule has 0 saturated carbocycles. The predicted molar refractivity (Wildman–Crippen MR) is 94.0 cm³/mol. The van der Waals surface area contributed by atoms with E-state index in [1.807, 2.05) is 12.1 Å². The highest BCUT2D eigenvalue weighted by Gasteiger charge is 2.34. The van der Waals surface area contributed by atoms with E-state index in [0.717, 1.165) is 12.0 Å². The van der Waals surface area contributed by atoms with E-state index in [1.54, 1.807) is 0 Å². The first-order chi connectivity index (χ1) is 11.8. The zero-order valence-corrected chi connectivity index (χ0v) is 15.4. The van der Waals surface area contributed by atoms with E-state index in [4.69, 9.17) is 9.47 Å². The summed E-state index contributed by atoms with van der Waals surface area (Å²) in [7, 11) is 0. The molecule has 1 rings (SSSR count). The molecule has 0 saturated heterocycles. The van der Waals surface area contributed by atoms with Crippen LogP contribution in [0.2, 0.25) is 0 Å². The average Bonchev–Trinajstić information content (AvgIpc) is 2.56. The highest BCUT2D eigenvalue weighted by Crippen LogP contribution is 2.18. The number of carbonyl (C=O) groups is 3. The van der Waals surface area contributed by atoms with Crippen LogP contribution < -0.4 is 5.32 Å². The van der Waals surface area contributed by atoms with Crippen molar-refractivity contribution in [2.24, 2.45) is 0 Å². The van der Waals surface area contributed by atoms with Crippen molar-refractivity contribution in [1.82, 2.24) is 5.32 Å². The third kappa shape index (κ3) is 7.83. The van der Waals surface area contributed by atoms with Crippen LogP contribution in [0.25, 0.3) is 0 Å². The Morgan fingerprint density at radius 3 is 1.80 bits per heavy atom. The Labute approximate surface area is 148 Å². The quantitative estimate of drug-likeness (QED) is 0.691. The average molecular weight is 349 g/mol. The molecule has 0 fully saturated rings. The predicted octanol–water partition coefficient (Wildman–Crippen LogP) is 2.18. The van der Waals surface area contributed by atoms with Gasteiger partial charge in [-0.2, -0.15) is 0 Å². The number of rotatable bonds is 9. The summed E-state index contributed by atoms with van der Waals surface area (Å²) in [6.07, 6.45) is 2.08. The molecule has 0 unspecified atom stereocenters. The van der Waals surface area contributed by atoms with Crippen molar-refractivity contribution in [2.75, 3.05) is 13.2 Å². The maximum absolute atomic E-state index is 11.7. The molecule has 0 aromatic heterocycles. The van der Waals surface area contributed by atoms with Gasteiger partial charge in [-0.15, -0.1) is 0 Å². The summed E-state index contributed by atoms with van der Waals surface area (Å²) in [5.74, 6) is -1.18. The molecule has 0 radical (unpaired) electrons. The van der Waals surface area contributed by atoms with Crippen LogP contribution in [-0.2, 0) is 36.7 Å². The largest absolute Gasteiger partial charge is 0.463 e. The molecule has 1 aromatic carbocycles. The molecular formula is C19H27NO5. The van der Waals surface area contributed by atoms with Crippen molar-refractivity contribution in [1.29, 1.82) is 0 Å². The van der Waals surface area contributed by atoms with Gasteiger partial charge in [0.2, 0.25) is 5.91 Å². The first-order valence-corrected chi connectivity index (χ1v) is 8.39. The number of aryl methyl sites for hydroxylation is 2. The van der Waals surface area contributed by atoms with Crippen molar-refractivity contribution in [3.8, 4) is 0 Å². The molecule has 0 atom stereocenters. The van der Waals surface area contributed by atoms with Gasteiger partial charge in [0.05, 0.1) is 0 Å². The summed E-state index contributed by atoms with van der Waals surface area (Å²) < 4.78 is 10.2. The molecule has 0 aliphatic carbocycles. The zero-order chi connectivity index (χ0) is 18.9. The van der Waals surface area contributed by atoms with E-state index in [2.05, 4.69) is 24.4 Å². The maximum atomic E-state index is 11.7. The van der Waals surface area contributed by atoms with Gasteiger partial charge in [0, 0.05) is 20.8 Å². The summed E-state index contributed by atoms with van der Waals surface area (Å²) in [5.41, 5.74) is 1.39. The van der Waals surface area contributed by atoms with Crippen LogP contribution in [0.4, 0.5) is 0 Å². The minimum Gasteiger partial charge on any atom is -0.463 e. The minimum atomic E-state index is -0.952. The Balaban J connectivity index is 2.92. The molecule has 1 amide bonds. The molecule has 6 heteroatoms. The lowest BCUT2D eigenvalue weighted by Gasteiger charge is -2.33. The van der Waals surface area contributed by atoms with Crippen molar-refractivity contribution < 1.29 is 23.9 Å². The highest BCUT2D eigenvalue weighted by atomic mass is 16.5. The van der Waals surface area contributed by atoms with E-state index in [1.165, 1.54) is 26.3 Å². The third-order valence-electron chi connectivity index (χ3n) is 3.87. The summed E-state index contributed by atoms with van der Waals surface area (Å²) in [5, 5.41) is 2.80. The molecule has 1 N–H and O–H groups in total. The van der Waals surface area contributed by atoms with Crippen molar-refractivity contribution in [2.45, 2.75) is 52.5 Å². The lowest BCUT2D eigenvalue weighted by atomic mass is 9.92. The van der Waals surface area contributed by atoms with E-state index < -0.39 is 17.5 Å². The second-order valence-corrected chi connectivity index (χ2v) is 6.19. The number of hydrogen-bond donors (Lipinski definition) is 1. The van der Waals surface area contributed by atoms with Gasteiger partial charge in [0.25, 0.3) is 0 Å². The van der Waals surface area contributed by atoms with Crippen LogP contribution in [0.5, 0.6) is 0 Å². The zero-order valence-electron chi connectivity index (χ0n) is 15.4. The van der Waals surface area contributed by atoms with Crippen LogP contribution in [0.3, 0.4) is 0 Å². The molecular weight excluding hydrogens is 322 g/mol. The number of hydrogen-bond acceptors (Lipinski definition) is 5. The Hall–Kier alpha value is -2.37. The molecule has 0 spiro atoms. The van der Waals surface area contributed by atoms with Gasteiger partial charge in [-0.05, 0) is 30.4 Å². The molecule has 0 aliphatic heterocycles. The number of benzene rings is 1. The molecule has 25 heavy (non-hydrogen) atoms. The van der Waals surface area contributed by atoms with Gasteiger partial charge in [0.15, 0.2) is 0 Å². The Morgan fingerprint density at radius 2 is 1.40 bits per heavy atom. The fourth-order valence-corrected chi connectivity index (χ4v) is 2.50. The van der Waals surface area contributed by atoms with Gasteiger partial charge >= 0.3 is 11.9 Å². The van der Waals surface area contributed by atoms with Gasteiger partial charge in [0.1, 0.15) is 18.8 Å². The lowest BCUT2D eigenvalue weighted by Crippen LogP contribution is -2.55. The summed E-state index contributed by atoms with van der Waals surface area (Å²) in [6, 6.07) is 8.20. The standard InChI is InChI=1S/C19H27NO5/c1-5-17-6-8-18(9-7-17)10-11-19(20-14(2)21,12-24-15(3)22)13-25-16(4)23/h6-9H,5,10-13H2,1-4H3,(H,20,21). The van der Waals surface area contributed by atoms with Crippen LogP contribution in [0, 0.1) is 0 Å². The van der Waals surface area contributed by atoms with Gasteiger partial charge in [-0.1, -0.05) is 31.2 Å². The monoisotopic (exact) mass is 349 g/mol. The van der Waals surface area contributed by atoms with Gasteiger partial charge < -0.3 is 14.8 Å². The minimum absolute atomic E-state index is 0.0533. The topological polar surface area (TPSA) is 81.7 Å². The summed E-state index contributed by atoms with van der Waals surface area (Å²) >= 11 is 0. The summed E-state index contributed by atoms with van der Waals surface area (Å²) in [6.45, 7) is 5.97. The van der Waals surface area contributed by atoms with Crippen molar-refractivity contribution in [3.05, 3.63) is 35.4 Å². The van der Waals surface area contributed by atoms with Gasteiger partial charge in [-0.25, -0.2) is 0 Å². The van der Waals surface area contributed by atoms with E-state index >= 15 is 0 Å². The second-order valence-electron chi connectivity index (χ2n) is 6.19. The first kappa shape index (κ1) is 20.7. The van der Waals surface area contributed by atoms with Crippen molar-refractivity contribution in [3.63, 3.8) is 0 Å². The number of nitrogens with one attached hydrogen (secondary N) is 1. The molecule has 0 heterocycles. The Bertz CT molecular complexity index is 576. The molecule has 138 valence electrons. The Morgan fingerprint density at radius 1 is 0.920 bits per heavy atom. The van der Waals surface area contributed by atoms with Crippen LogP contribution >= 0.6 is 0 Å². The maximum Gasteiger partial charge on any atom is 0.302 e. The molecule has 1 aromatic rings. The van der Waals surface area contributed by atoms with E-state index in [0.29, 0.717) is 12.8 Å². The summed E-state index contributed by atoms with van der Waals surface area (Å²) in [4.78, 5) is 34.1. The SMILES string of the molecule is CCc1ccc(CCC(COC(C)=O)(COC(C)=O)NC(C)=O)cc1. The normalized spacial score (nSPS) is 10.9. The van der Waals surface area contributed by atoms with E-state index in [-0.39, 0.29) is 19.1 Å².